The maximum absolute atomic E-state index is 14.2. The van der Waals surface area contributed by atoms with Crippen LogP contribution >= 0.6 is 0 Å². The average molecular weight is 425 g/mol. The summed E-state index contributed by atoms with van der Waals surface area (Å²) in [6.45, 7) is 0.802. The molecule has 0 saturated heterocycles. The molecule has 29 heavy (non-hydrogen) atoms. The highest BCUT2D eigenvalue weighted by Gasteiger charge is 2.51. The zero-order valence-electron chi connectivity index (χ0n) is 15.8. The smallest absolute Gasteiger partial charge is 0.384 e. The predicted octanol–water partition coefficient (Wildman–Crippen LogP) is 1.37. The normalized spacial score (nSPS) is 15.5. The third-order valence-corrected chi connectivity index (χ3v) is 4.13. The van der Waals surface area contributed by atoms with Crippen LogP contribution in [0.1, 0.15) is 19.4 Å². The fourth-order valence-electron chi connectivity index (χ4n) is 2.50. The average Bonchev–Trinajstić information content (AvgIpc) is 2.63. The molecule has 0 aliphatic rings. The SMILES string of the molecule is CC(C)C(NC(=O)C(N)Cc1ccccc1)C(O)C(F)(F)C(=O)NCC(F)(F)F. The van der Waals surface area contributed by atoms with Gasteiger partial charge in [0, 0.05) is 0 Å². The monoisotopic (exact) mass is 425 g/mol. The molecule has 3 atom stereocenters. The molecular formula is C18H24F5N3O3. The molecule has 6 nitrogen and oxygen atoms in total. The maximum atomic E-state index is 14.2. The maximum Gasteiger partial charge on any atom is 0.405 e. The predicted molar refractivity (Wildman–Crippen MR) is 94.9 cm³/mol. The number of carbonyl (C=O) groups is 2. The number of alkyl halides is 5. The highest BCUT2D eigenvalue weighted by Crippen LogP contribution is 2.25. The Morgan fingerprint density at radius 1 is 1.10 bits per heavy atom. The largest absolute Gasteiger partial charge is 0.405 e. The lowest BCUT2D eigenvalue weighted by atomic mass is 9.93. The van der Waals surface area contributed by atoms with Crippen LogP contribution in [0.2, 0.25) is 0 Å². The van der Waals surface area contributed by atoms with E-state index in [1.165, 1.54) is 13.8 Å². The Kier molecular flexibility index (Phi) is 8.51. The first-order valence-corrected chi connectivity index (χ1v) is 8.76. The first-order chi connectivity index (χ1) is 13.3. The molecule has 0 aromatic heterocycles. The Balaban J connectivity index is 2.83. The van der Waals surface area contributed by atoms with Gasteiger partial charge in [0.25, 0.3) is 5.91 Å². The molecule has 3 unspecified atom stereocenters. The van der Waals surface area contributed by atoms with Gasteiger partial charge in [-0.05, 0) is 17.9 Å². The highest BCUT2D eigenvalue weighted by molar-refractivity contribution is 5.85. The Morgan fingerprint density at radius 2 is 1.66 bits per heavy atom. The number of benzene rings is 1. The van der Waals surface area contributed by atoms with Gasteiger partial charge in [-0.1, -0.05) is 44.2 Å². The van der Waals surface area contributed by atoms with Crippen LogP contribution in [0.5, 0.6) is 0 Å². The van der Waals surface area contributed by atoms with Crippen molar-refractivity contribution >= 4 is 11.8 Å². The summed E-state index contributed by atoms with van der Waals surface area (Å²) in [6.07, 6.45) is -7.56. The van der Waals surface area contributed by atoms with E-state index in [2.05, 4.69) is 5.32 Å². The van der Waals surface area contributed by atoms with E-state index in [0.29, 0.717) is 5.56 Å². The molecule has 0 radical (unpaired) electrons. The molecule has 2 amide bonds. The van der Waals surface area contributed by atoms with E-state index < -0.39 is 54.6 Å². The molecule has 164 valence electrons. The van der Waals surface area contributed by atoms with Gasteiger partial charge in [-0.2, -0.15) is 22.0 Å². The van der Waals surface area contributed by atoms with E-state index in [0.717, 1.165) is 5.32 Å². The van der Waals surface area contributed by atoms with Crippen LogP contribution in [-0.2, 0) is 16.0 Å². The molecule has 1 rings (SSSR count). The molecule has 5 N–H and O–H groups in total. The van der Waals surface area contributed by atoms with Crippen LogP contribution in [0, 0.1) is 5.92 Å². The number of nitrogens with two attached hydrogens (primary N) is 1. The molecular weight excluding hydrogens is 401 g/mol. The molecule has 1 aromatic rings. The summed E-state index contributed by atoms with van der Waals surface area (Å²) in [7, 11) is 0. The summed E-state index contributed by atoms with van der Waals surface area (Å²) in [5.41, 5.74) is 6.49. The number of aliphatic hydroxyl groups is 1. The molecule has 11 heteroatoms. The van der Waals surface area contributed by atoms with Crippen LogP contribution in [0.3, 0.4) is 0 Å². The van der Waals surface area contributed by atoms with Gasteiger partial charge in [0.15, 0.2) is 0 Å². The summed E-state index contributed by atoms with van der Waals surface area (Å²) in [5.74, 6) is -8.50. The first kappa shape index (κ1) is 24.8. The summed E-state index contributed by atoms with van der Waals surface area (Å²) in [6, 6.07) is 5.87. The van der Waals surface area contributed by atoms with Crippen molar-refractivity contribution in [3.05, 3.63) is 35.9 Å². The Bertz CT molecular complexity index is 683. The lowest BCUT2D eigenvalue weighted by Gasteiger charge is -2.32. The number of hydrogen-bond acceptors (Lipinski definition) is 4. The third-order valence-electron chi connectivity index (χ3n) is 4.13. The van der Waals surface area contributed by atoms with E-state index in [1.54, 1.807) is 30.3 Å². The quantitative estimate of drug-likeness (QED) is 0.449. The van der Waals surface area contributed by atoms with Gasteiger partial charge in [0.2, 0.25) is 5.91 Å². The van der Waals surface area contributed by atoms with Crippen LogP contribution in [0.15, 0.2) is 30.3 Å². The molecule has 0 aliphatic carbocycles. The van der Waals surface area contributed by atoms with Crippen molar-refractivity contribution in [2.45, 2.75) is 50.6 Å². The standard InChI is InChI=1S/C18H24F5N3O3/c1-10(2)13(14(27)18(22,23)16(29)25-9-17(19,20)21)26-15(28)12(24)8-11-6-4-3-5-7-11/h3-7,10,12-14,27H,8-9,24H2,1-2H3,(H,25,29)(H,26,28). The van der Waals surface area contributed by atoms with Crippen molar-refractivity contribution in [1.82, 2.24) is 10.6 Å². The lowest BCUT2D eigenvalue weighted by molar-refractivity contribution is -0.174. The van der Waals surface area contributed by atoms with E-state index in [-0.39, 0.29) is 6.42 Å². The van der Waals surface area contributed by atoms with Gasteiger partial charge in [0.05, 0.1) is 12.1 Å². The van der Waals surface area contributed by atoms with Crippen LogP contribution < -0.4 is 16.4 Å². The van der Waals surface area contributed by atoms with E-state index >= 15 is 0 Å². The van der Waals surface area contributed by atoms with Gasteiger partial charge < -0.3 is 21.5 Å². The van der Waals surface area contributed by atoms with Crippen molar-refractivity contribution in [2.24, 2.45) is 11.7 Å². The first-order valence-electron chi connectivity index (χ1n) is 8.76. The van der Waals surface area contributed by atoms with Crippen LogP contribution in [0.25, 0.3) is 0 Å². The summed E-state index contributed by atoms with van der Waals surface area (Å²) >= 11 is 0. The molecule has 0 heterocycles. The fourth-order valence-corrected chi connectivity index (χ4v) is 2.50. The van der Waals surface area contributed by atoms with E-state index in [1.807, 2.05) is 0 Å². The van der Waals surface area contributed by atoms with Crippen LogP contribution in [-0.4, -0.2) is 53.8 Å². The zero-order chi connectivity index (χ0) is 22.4. The fraction of sp³-hybridized carbons (Fsp3) is 0.556. The number of halogens is 5. The van der Waals surface area contributed by atoms with Gasteiger partial charge in [0.1, 0.15) is 12.6 Å². The zero-order valence-corrected chi connectivity index (χ0v) is 15.8. The Hall–Kier alpha value is -2.27. The number of amides is 2. The van der Waals surface area contributed by atoms with E-state index in [4.69, 9.17) is 5.73 Å². The number of carbonyl (C=O) groups excluding carboxylic acids is 2. The third kappa shape index (κ3) is 7.58. The minimum atomic E-state index is -4.90. The summed E-state index contributed by atoms with van der Waals surface area (Å²) in [5, 5.41) is 13.2. The number of nitrogens with one attached hydrogen (secondary N) is 2. The van der Waals surface area contributed by atoms with Gasteiger partial charge >= 0.3 is 12.1 Å². The lowest BCUT2D eigenvalue weighted by Crippen LogP contribution is -2.61. The Labute approximate surface area is 164 Å². The minimum absolute atomic E-state index is 0.0933. The highest BCUT2D eigenvalue weighted by atomic mass is 19.4. The second-order valence-corrected chi connectivity index (χ2v) is 6.94. The van der Waals surface area contributed by atoms with Gasteiger partial charge in [-0.3, -0.25) is 9.59 Å². The molecule has 1 aromatic carbocycles. The summed E-state index contributed by atoms with van der Waals surface area (Å²) < 4.78 is 64.8. The number of rotatable bonds is 9. The van der Waals surface area contributed by atoms with Crippen LogP contribution in [0.4, 0.5) is 22.0 Å². The number of hydrogen-bond donors (Lipinski definition) is 4. The molecule has 0 saturated carbocycles. The van der Waals surface area contributed by atoms with Crippen molar-refractivity contribution in [2.75, 3.05) is 6.54 Å². The van der Waals surface area contributed by atoms with Crippen molar-refractivity contribution in [1.29, 1.82) is 0 Å². The molecule has 0 spiro atoms. The van der Waals surface area contributed by atoms with Gasteiger partial charge in [-0.25, -0.2) is 0 Å². The molecule has 0 fully saturated rings. The second kappa shape index (κ2) is 9.97. The second-order valence-electron chi connectivity index (χ2n) is 6.94. The summed E-state index contributed by atoms with van der Waals surface area (Å²) in [4.78, 5) is 23.8. The van der Waals surface area contributed by atoms with Crippen molar-refractivity contribution in [3.8, 4) is 0 Å². The number of aliphatic hydroxyl groups excluding tert-OH is 1. The molecule has 0 bridgehead atoms. The molecule has 0 aliphatic heterocycles. The van der Waals surface area contributed by atoms with Crippen molar-refractivity contribution < 1.29 is 36.6 Å². The Morgan fingerprint density at radius 3 is 2.14 bits per heavy atom. The topological polar surface area (TPSA) is 104 Å². The minimum Gasteiger partial charge on any atom is -0.384 e. The van der Waals surface area contributed by atoms with E-state index in [9.17, 15) is 36.6 Å². The van der Waals surface area contributed by atoms with Crippen molar-refractivity contribution in [3.63, 3.8) is 0 Å². The van der Waals surface area contributed by atoms with Gasteiger partial charge in [-0.15, -0.1) is 0 Å².